The number of aryl methyl sites for hydroxylation is 1. The maximum Gasteiger partial charge on any atom is 0.247 e. The molecule has 1 heterocycles. The summed E-state index contributed by atoms with van der Waals surface area (Å²) in [6.45, 7) is 11.1. The van der Waals surface area contributed by atoms with Crippen LogP contribution in [-0.4, -0.2) is 54.6 Å². The lowest BCUT2D eigenvalue weighted by Gasteiger charge is -2.26. The molecule has 1 saturated heterocycles. The Morgan fingerprint density at radius 2 is 1.88 bits per heavy atom. The maximum atomic E-state index is 12.8. The van der Waals surface area contributed by atoms with Gasteiger partial charge in [0.25, 0.3) is 0 Å². The Morgan fingerprint density at radius 3 is 2.56 bits per heavy atom. The monoisotopic (exact) mass is 486 g/mol. The van der Waals surface area contributed by atoms with Gasteiger partial charge in [0.15, 0.2) is 0 Å². The van der Waals surface area contributed by atoms with E-state index in [1.165, 1.54) is 25.7 Å². The first-order chi connectivity index (χ1) is 16.3. The van der Waals surface area contributed by atoms with Gasteiger partial charge in [-0.05, 0) is 88.7 Å². The van der Waals surface area contributed by atoms with Crippen LogP contribution >= 0.6 is 11.6 Å². The second kappa shape index (κ2) is 13.1. The summed E-state index contributed by atoms with van der Waals surface area (Å²) in [4.78, 5) is 32.3. The van der Waals surface area contributed by atoms with Gasteiger partial charge < -0.3 is 10.6 Å². The van der Waals surface area contributed by atoms with Gasteiger partial charge in [-0.2, -0.15) is 0 Å². The molecular weight excluding hydrogens is 448 g/mol. The molecule has 0 spiro atoms. The van der Waals surface area contributed by atoms with E-state index in [0.29, 0.717) is 42.4 Å². The van der Waals surface area contributed by atoms with Gasteiger partial charge in [-0.15, -0.1) is 0 Å². The van der Waals surface area contributed by atoms with Crippen molar-refractivity contribution in [2.24, 2.45) is 10.9 Å². The van der Waals surface area contributed by atoms with Crippen molar-refractivity contribution in [3.63, 3.8) is 0 Å². The van der Waals surface area contributed by atoms with Crippen molar-refractivity contribution in [1.29, 1.82) is 0 Å². The maximum absolute atomic E-state index is 12.8. The highest BCUT2D eigenvalue weighted by atomic mass is 35.5. The van der Waals surface area contributed by atoms with Crippen molar-refractivity contribution in [2.45, 2.75) is 71.3 Å². The van der Waals surface area contributed by atoms with E-state index in [4.69, 9.17) is 11.6 Å². The molecule has 0 aromatic heterocycles. The van der Waals surface area contributed by atoms with Crippen LogP contribution in [-0.2, 0) is 9.59 Å². The zero-order valence-electron chi connectivity index (χ0n) is 20.7. The third kappa shape index (κ3) is 8.24. The summed E-state index contributed by atoms with van der Waals surface area (Å²) in [6, 6.07) is 5.57. The number of likely N-dealkylation sites (tertiary alicyclic amines) is 1. The summed E-state index contributed by atoms with van der Waals surface area (Å²) in [5, 5.41) is 6.92. The lowest BCUT2D eigenvalue weighted by molar-refractivity contribution is -0.123. The fourth-order valence-electron chi connectivity index (χ4n) is 4.88. The molecule has 2 N–H and O–H groups in total. The fraction of sp³-hybridized carbons (Fsp3) is 0.593. The fourth-order valence-corrected chi connectivity index (χ4v) is 5.11. The number of amides is 2. The van der Waals surface area contributed by atoms with Gasteiger partial charge in [0, 0.05) is 41.9 Å². The van der Waals surface area contributed by atoms with E-state index in [1.807, 2.05) is 32.0 Å². The number of nitrogens with one attached hydrogen (secondary N) is 2. The van der Waals surface area contributed by atoms with Crippen LogP contribution < -0.4 is 10.6 Å². The molecule has 1 unspecified atom stereocenters. The third-order valence-corrected chi connectivity index (χ3v) is 7.15. The van der Waals surface area contributed by atoms with Crippen LogP contribution in [0.5, 0.6) is 0 Å². The molecule has 1 atom stereocenters. The van der Waals surface area contributed by atoms with Crippen LogP contribution in [0.15, 0.2) is 35.3 Å². The van der Waals surface area contributed by atoms with Crippen LogP contribution in [0.4, 0.5) is 5.69 Å². The van der Waals surface area contributed by atoms with Crippen molar-refractivity contribution in [1.82, 2.24) is 15.5 Å². The van der Waals surface area contributed by atoms with E-state index < -0.39 is 0 Å². The Balaban J connectivity index is 1.49. The van der Waals surface area contributed by atoms with E-state index in [2.05, 4.69) is 27.1 Å². The minimum Gasteiger partial charge on any atom is -0.351 e. The molecule has 1 aliphatic heterocycles. The summed E-state index contributed by atoms with van der Waals surface area (Å²) in [5.41, 5.74) is 3.40. The number of carbonyl (C=O) groups is 2. The average molecular weight is 487 g/mol. The van der Waals surface area contributed by atoms with E-state index in [-0.39, 0.29) is 17.9 Å². The number of benzene rings is 1. The molecule has 2 fully saturated rings. The van der Waals surface area contributed by atoms with Crippen LogP contribution in [0.25, 0.3) is 0 Å². The number of halogens is 1. The second-order valence-corrected chi connectivity index (χ2v) is 10.2. The Labute approximate surface area is 209 Å². The van der Waals surface area contributed by atoms with Crippen molar-refractivity contribution in [3.8, 4) is 0 Å². The minimum absolute atomic E-state index is 0.00409. The van der Waals surface area contributed by atoms with E-state index in [0.717, 1.165) is 42.9 Å². The summed E-state index contributed by atoms with van der Waals surface area (Å²) in [7, 11) is 0. The molecule has 3 rings (SSSR count). The molecule has 2 amide bonds. The number of carbonyl (C=O) groups excluding carboxylic acids is 2. The SMILES string of the molecule is C=C(CN1CCCC1)C(=O)NCC(NC(=O)CC/C(C)=N/c1ccc(Cl)cc1C)C1CCCC1. The van der Waals surface area contributed by atoms with Crippen LogP contribution in [0, 0.1) is 12.8 Å². The van der Waals surface area contributed by atoms with Gasteiger partial charge >= 0.3 is 0 Å². The normalized spacial score (nSPS) is 18.1. The van der Waals surface area contributed by atoms with Crippen molar-refractivity contribution >= 4 is 34.8 Å². The lowest BCUT2D eigenvalue weighted by Crippen LogP contribution is -2.48. The number of hydrogen-bond acceptors (Lipinski definition) is 4. The Kier molecular flexibility index (Phi) is 10.1. The van der Waals surface area contributed by atoms with Crippen LogP contribution in [0.2, 0.25) is 5.02 Å². The number of rotatable bonds is 11. The average Bonchev–Trinajstić information content (AvgIpc) is 3.51. The molecule has 1 saturated carbocycles. The van der Waals surface area contributed by atoms with Gasteiger partial charge in [0.2, 0.25) is 11.8 Å². The first-order valence-corrected chi connectivity index (χ1v) is 13.0. The predicted molar refractivity (Wildman–Crippen MR) is 140 cm³/mol. The summed E-state index contributed by atoms with van der Waals surface area (Å²) >= 11 is 6.02. The van der Waals surface area contributed by atoms with Gasteiger partial charge in [-0.25, -0.2) is 0 Å². The van der Waals surface area contributed by atoms with E-state index in [9.17, 15) is 9.59 Å². The quantitative estimate of drug-likeness (QED) is 0.343. The minimum atomic E-state index is -0.106. The van der Waals surface area contributed by atoms with Crippen molar-refractivity contribution < 1.29 is 9.59 Å². The van der Waals surface area contributed by atoms with Crippen LogP contribution in [0.1, 0.15) is 63.9 Å². The Bertz CT molecular complexity index is 902. The van der Waals surface area contributed by atoms with Crippen molar-refractivity contribution in [3.05, 3.63) is 40.9 Å². The van der Waals surface area contributed by atoms with Gasteiger partial charge in [-0.1, -0.05) is 31.0 Å². The molecular formula is C27H39ClN4O2. The molecule has 6 nitrogen and oxygen atoms in total. The molecule has 34 heavy (non-hydrogen) atoms. The van der Waals surface area contributed by atoms with Gasteiger partial charge in [-0.3, -0.25) is 19.5 Å². The lowest BCUT2D eigenvalue weighted by atomic mass is 9.97. The smallest absolute Gasteiger partial charge is 0.247 e. The standard InChI is InChI=1S/C27H39ClN4O2/c1-19-16-23(28)11-12-24(19)30-21(3)10-13-26(33)31-25(22-8-4-5-9-22)17-29-27(34)20(2)18-32-14-6-7-15-32/h11-12,16,22,25H,2,4-10,13-15,17-18H2,1,3H3,(H,29,34)(H,31,33)/b30-21+. The number of aliphatic imine (C=N–C) groups is 1. The first-order valence-electron chi connectivity index (χ1n) is 12.6. The highest BCUT2D eigenvalue weighted by Gasteiger charge is 2.27. The summed E-state index contributed by atoms with van der Waals surface area (Å²) in [6.07, 6.45) is 7.88. The topological polar surface area (TPSA) is 73.8 Å². The Morgan fingerprint density at radius 1 is 1.18 bits per heavy atom. The van der Waals surface area contributed by atoms with E-state index >= 15 is 0 Å². The molecule has 1 aromatic carbocycles. The molecule has 1 aromatic rings. The number of hydrogen-bond donors (Lipinski definition) is 2. The Hall–Kier alpha value is -2.18. The van der Waals surface area contributed by atoms with E-state index in [1.54, 1.807) is 0 Å². The summed E-state index contributed by atoms with van der Waals surface area (Å²) < 4.78 is 0. The molecule has 1 aliphatic carbocycles. The third-order valence-electron chi connectivity index (χ3n) is 6.92. The predicted octanol–water partition coefficient (Wildman–Crippen LogP) is 4.96. The highest BCUT2D eigenvalue weighted by Crippen LogP contribution is 2.28. The first kappa shape index (κ1) is 26.4. The largest absolute Gasteiger partial charge is 0.351 e. The zero-order chi connectivity index (χ0) is 24.5. The summed E-state index contributed by atoms with van der Waals surface area (Å²) in [5.74, 6) is 0.303. The van der Waals surface area contributed by atoms with Crippen LogP contribution in [0.3, 0.4) is 0 Å². The van der Waals surface area contributed by atoms with Crippen molar-refractivity contribution in [2.75, 3.05) is 26.2 Å². The van der Waals surface area contributed by atoms with Gasteiger partial charge in [0.1, 0.15) is 0 Å². The molecule has 186 valence electrons. The van der Waals surface area contributed by atoms with Gasteiger partial charge in [0.05, 0.1) is 5.69 Å². The zero-order valence-corrected chi connectivity index (χ0v) is 21.4. The highest BCUT2D eigenvalue weighted by molar-refractivity contribution is 6.30. The molecule has 0 bridgehead atoms. The molecule has 0 radical (unpaired) electrons. The molecule has 7 heteroatoms. The number of nitrogens with zero attached hydrogens (tertiary/aromatic N) is 2. The second-order valence-electron chi connectivity index (χ2n) is 9.79. The molecule has 2 aliphatic rings.